The van der Waals surface area contributed by atoms with E-state index < -0.39 is 0 Å². The number of carbonyl (C=O) groups excluding carboxylic acids is 1. The molecule has 86 valence electrons. The molecular formula is C11H20N2O2. The highest BCUT2D eigenvalue weighted by Gasteiger charge is 2.12. The zero-order valence-electron chi connectivity index (χ0n) is 9.20. The van der Waals surface area contributed by atoms with Crippen LogP contribution in [0.2, 0.25) is 0 Å². The molecule has 4 nitrogen and oxygen atoms in total. The number of rotatable bonds is 5. The molecule has 0 radical (unpaired) electrons. The summed E-state index contributed by atoms with van der Waals surface area (Å²) >= 11 is 0. The van der Waals surface area contributed by atoms with Crippen LogP contribution in [0.15, 0.2) is 12.2 Å². The van der Waals surface area contributed by atoms with E-state index >= 15 is 0 Å². The van der Waals surface area contributed by atoms with E-state index in [4.69, 9.17) is 0 Å². The van der Waals surface area contributed by atoms with E-state index in [1.807, 2.05) is 6.92 Å². The predicted molar refractivity (Wildman–Crippen MR) is 59.6 cm³/mol. The Morgan fingerprint density at radius 3 is 2.80 bits per heavy atom. The van der Waals surface area contributed by atoms with Crippen LogP contribution in [0.3, 0.4) is 0 Å². The van der Waals surface area contributed by atoms with Crippen molar-refractivity contribution in [1.82, 2.24) is 10.6 Å². The van der Waals surface area contributed by atoms with Crippen molar-refractivity contribution in [2.24, 2.45) is 0 Å². The summed E-state index contributed by atoms with van der Waals surface area (Å²) < 4.78 is 0. The van der Waals surface area contributed by atoms with Gasteiger partial charge in [0.05, 0.1) is 6.10 Å². The minimum atomic E-state index is -0.307. The number of amides is 2. The molecular weight excluding hydrogens is 192 g/mol. The van der Waals surface area contributed by atoms with Crippen LogP contribution in [0.5, 0.6) is 0 Å². The van der Waals surface area contributed by atoms with Crippen molar-refractivity contribution in [3.05, 3.63) is 12.2 Å². The molecule has 1 aliphatic carbocycles. The Labute approximate surface area is 90.7 Å². The van der Waals surface area contributed by atoms with Crippen molar-refractivity contribution in [2.75, 3.05) is 6.54 Å². The highest BCUT2D eigenvalue weighted by atomic mass is 16.3. The summed E-state index contributed by atoms with van der Waals surface area (Å²) in [4.78, 5) is 11.3. The molecule has 3 N–H and O–H groups in total. The van der Waals surface area contributed by atoms with Gasteiger partial charge in [-0.25, -0.2) is 4.79 Å². The molecule has 1 aliphatic rings. The number of nitrogens with one attached hydrogen (secondary N) is 2. The van der Waals surface area contributed by atoms with Gasteiger partial charge < -0.3 is 15.7 Å². The van der Waals surface area contributed by atoms with Crippen LogP contribution in [0.25, 0.3) is 0 Å². The maximum absolute atomic E-state index is 11.3. The minimum Gasteiger partial charge on any atom is -0.393 e. The highest BCUT2D eigenvalue weighted by Crippen LogP contribution is 2.08. The molecule has 1 atom stereocenters. The van der Waals surface area contributed by atoms with Crippen LogP contribution in [0.1, 0.15) is 32.6 Å². The second-order valence-corrected chi connectivity index (χ2v) is 3.89. The lowest BCUT2D eigenvalue weighted by Gasteiger charge is -2.13. The Bertz CT molecular complexity index is 221. The quantitative estimate of drug-likeness (QED) is 0.599. The number of carbonyl (C=O) groups is 1. The Hall–Kier alpha value is -1.03. The Morgan fingerprint density at radius 1 is 1.53 bits per heavy atom. The fourth-order valence-electron chi connectivity index (χ4n) is 1.53. The highest BCUT2D eigenvalue weighted by molar-refractivity contribution is 5.74. The molecule has 0 aromatic carbocycles. The number of urea groups is 1. The van der Waals surface area contributed by atoms with Crippen molar-refractivity contribution in [3.8, 4) is 0 Å². The summed E-state index contributed by atoms with van der Waals surface area (Å²) in [5.74, 6) is 0. The molecule has 0 saturated carbocycles. The van der Waals surface area contributed by atoms with Gasteiger partial charge in [-0.15, -0.1) is 0 Å². The van der Waals surface area contributed by atoms with Gasteiger partial charge in [0.25, 0.3) is 0 Å². The van der Waals surface area contributed by atoms with Gasteiger partial charge in [-0.3, -0.25) is 0 Å². The van der Waals surface area contributed by atoms with E-state index in [1.54, 1.807) is 0 Å². The Morgan fingerprint density at radius 2 is 2.20 bits per heavy atom. The van der Waals surface area contributed by atoms with E-state index in [0.717, 1.165) is 19.3 Å². The number of aliphatic hydroxyl groups excluding tert-OH is 1. The largest absolute Gasteiger partial charge is 0.393 e. The normalized spacial score (nSPS) is 17.7. The summed E-state index contributed by atoms with van der Waals surface area (Å²) in [5.41, 5.74) is 0. The predicted octanol–water partition coefficient (Wildman–Crippen LogP) is 1.17. The molecule has 0 aromatic heterocycles. The Balaban J connectivity index is 2.03. The summed E-state index contributed by atoms with van der Waals surface area (Å²) in [6.45, 7) is 2.45. The van der Waals surface area contributed by atoms with Crippen LogP contribution in [-0.4, -0.2) is 29.8 Å². The molecule has 0 aliphatic heterocycles. The number of hydrogen-bond donors (Lipinski definition) is 3. The van der Waals surface area contributed by atoms with E-state index in [9.17, 15) is 9.90 Å². The van der Waals surface area contributed by atoms with Gasteiger partial charge in [0.2, 0.25) is 0 Å². The molecule has 15 heavy (non-hydrogen) atoms. The second-order valence-electron chi connectivity index (χ2n) is 3.89. The number of aliphatic hydroxyl groups is 1. The molecule has 1 unspecified atom stereocenters. The molecule has 2 amide bonds. The molecule has 0 bridgehead atoms. The minimum absolute atomic E-state index is 0.132. The van der Waals surface area contributed by atoms with E-state index in [1.165, 1.54) is 0 Å². The van der Waals surface area contributed by atoms with E-state index in [2.05, 4.69) is 22.8 Å². The van der Waals surface area contributed by atoms with Crippen LogP contribution in [0, 0.1) is 0 Å². The van der Waals surface area contributed by atoms with Crippen LogP contribution in [-0.2, 0) is 0 Å². The first kappa shape index (κ1) is 12.0. The topological polar surface area (TPSA) is 61.4 Å². The zero-order valence-corrected chi connectivity index (χ0v) is 9.20. The van der Waals surface area contributed by atoms with Crippen LogP contribution >= 0.6 is 0 Å². The first-order chi connectivity index (χ1) is 7.22. The lowest BCUT2D eigenvalue weighted by molar-refractivity contribution is 0.160. The molecule has 0 fully saturated rings. The lowest BCUT2D eigenvalue weighted by Crippen LogP contribution is -2.41. The average Bonchev–Trinajstić information content (AvgIpc) is 2.70. The second kappa shape index (κ2) is 6.45. The van der Waals surface area contributed by atoms with Gasteiger partial charge in [-0.2, -0.15) is 0 Å². The van der Waals surface area contributed by atoms with Crippen molar-refractivity contribution >= 4 is 6.03 Å². The molecule has 0 heterocycles. The smallest absolute Gasteiger partial charge is 0.315 e. The fraction of sp³-hybridized carbons (Fsp3) is 0.727. The summed E-state index contributed by atoms with van der Waals surface area (Å²) in [7, 11) is 0. The molecule has 0 spiro atoms. The molecule has 0 saturated heterocycles. The van der Waals surface area contributed by atoms with Crippen LogP contribution in [0.4, 0.5) is 4.79 Å². The maximum Gasteiger partial charge on any atom is 0.315 e. The van der Waals surface area contributed by atoms with Gasteiger partial charge in [0, 0.05) is 12.6 Å². The van der Waals surface area contributed by atoms with Gasteiger partial charge in [-0.1, -0.05) is 19.1 Å². The van der Waals surface area contributed by atoms with Crippen molar-refractivity contribution in [3.63, 3.8) is 0 Å². The summed E-state index contributed by atoms with van der Waals surface area (Å²) in [6.07, 6.45) is 7.04. The van der Waals surface area contributed by atoms with Crippen molar-refractivity contribution in [2.45, 2.75) is 44.8 Å². The maximum atomic E-state index is 11.3. The molecule has 4 heteroatoms. The fourth-order valence-corrected chi connectivity index (χ4v) is 1.53. The summed E-state index contributed by atoms with van der Waals surface area (Å²) in [5, 5.41) is 14.9. The van der Waals surface area contributed by atoms with Gasteiger partial charge in [0.15, 0.2) is 0 Å². The third-order valence-electron chi connectivity index (χ3n) is 2.58. The third kappa shape index (κ3) is 4.83. The zero-order chi connectivity index (χ0) is 11.1. The average molecular weight is 212 g/mol. The van der Waals surface area contributed by atoms with E-state index in [-0.39, 0.29) is 18.2 Å². The van der Waals surface area contributed by atoms with Gasteiger partial charge >= 0.3 is 6.03 Å². The lowest BCUT2D eigenvalue weighted by atomic mass is 10.2. The first-order valence-corrected chi connectivity index (χ1v) is 5.59. The van der Waals surface area contributed by atoms with Crippen LogP contribution < -0.4 is 10.6 Å². The molecule has 1 rings (SSSR count). The monoisotopic (exact) mass is 212 g/mol. The molecule has 0 aromatic rings. The number of hydrogen-bond acceptors (Lipinski definition) is 2. The van der Waals surface area contributed by atoms with Crippen molar-refractivity contribution in [1.29, 1.82) is 0 Å². The first-order valence-electron chi connectivity index (χ1n) is 5.59. The van der Waals surface area contributed by atoms with E-state index in [0.29, 0.717) is 13.0 Å². The Kier molecular flexibility index (Phi) is 5.18. The van der Waals surface area contributed by atoms with Gasteiger partial charge in [0.1, 0.15) is 0 Å². The SMILES string of the molecule is CCC(O)CCNC(=O)NC1CC=CC1. The third-order valence-corrected chi connectivity index (χ3v) is 2.58. The van der Waals surface area contributed by atoms with Crippen molar-refractivity contribution < 1.29 is 9.90 Å². The standard InChI is InChI=1S/C11H20N2O2/c1-2-10(14)7-8-12-11(15)13-9-5-3-4-6-9/h3-4,9-10,14H,2,5-8H2,1H3,(H2,12,13,15). The van der Waals surface area contributed by atoms with Gasteiger partial charge in [-0.05, 0) is 25.7 Å². The summed E-state index contributed by atoms with van der Waals surface area (Å²) in [6, 6.07) is 0.119.